The third-order valence-corrected chi connectivity index (χ3v) is 4.24. The second kappa shape index (κ2) is 6.55. The van der Waals surface area contributed by atoms with Gasteiger partial charge in [0.2, 0.25) is 0 Å². The van der Waals surface area contributed by atoms with Crippen LogP contribution in [-0.2, 0) is 6.42 Å². The molecule has 0 spiro atoms. The summed E-state index contributed by atoms with van der Waals surface area (Å²) >= 11 is 12.2. The summed E-state index contributed by atoms with van der Waals surface area (Å²) in [6.45, 7) is 2.86. The number of rotatable bonds is 4. The van der Waals surface area contributed by atoms with Crippen LogP contribution in [0.25, 0.3) is 10.9 Å². The minimum atomic E-state index is 0.701. The van der Waals surface area contributed by atoms with Crippen LogP contribution >= 0.6 is 23.2 Å². The van der Waals surface area contributed by atoms with Gasteiger partial charge in [0.15, 0.2) is 0 Å². The topological polar surface area (TPSA) is 24.9 Å². The van der Waals surface area contributed by atoms with Crippen LogP contribution in [0.15, 0.2) is 48.5 Å². The van der Waals surface area contributed by atoms with Gasteiger partial charge in [0.25, 0.3) is 0 Å². The molecule has 0 bridgehead atoms. The molecule has 0 saturated heterocycles. The van der Waals surface area contributed by atoms with Gasteiger partial charge in [-0.1, -0.05) is 47.5 Å². The SMILES string of the molecule is Cc1cc(NCCc2ccccc2Cl)nc2cc(Cl)ccc12. The van der Waals surface area contributed by atoms with Gasteiger partial charge in [0, 0.05) is 22.0 Å². The highest BCUT2D eigenvalue weighted by molar-refractivity contribution is 6.31. The standard InChI is InChI=1S/C18H16Cl2N2/c1-12-10-18(22-17-11-14(19)6-7-15(12)17)21-9-8-13-4-2-3-5-16(13)20/h2-7,10-11H,8-9H2,1H3,(H,21,22). The molecule has 0 saturated carbocycles. The van der Waals surface area contributed by atoms with E-state index in [0.717, 1.165) is 40.3 Å². The van der Waals surface area contributed by atoms with Crippen LogP contribution in [0.3, 0.4) is 0 Å². The van der Waals surface area contributed by atoms with Gasteiger partial charge < -0.3 is 5.32 Å². The molecular weight excluding hydrogens is 315 g/mol. The van der Waals surface area contributed by atoms with Crippen molar-refractivity contribution in [1.29, 1.82) is 0 Å². The van der Waals surface area contributed by atoms with Gasteiger partial charge in [0.05, 0.1) is 5.52 Å². The minimum Gasteiger partial charge on any atom is -0.370 e. The zero-order valence-electron chi connectivity index (χ0n) is 12.2. The second-order valence-electron chi connectivity index (χ2n) is 5.25. The first-order chi connectivity index (χ1) is 10.6. The first kappa shape index (κ1) is 15.1. The number of pyridine rings is 1. The molecule has 2 nitrogen and oxygen atoms in total. The highest BCUT2D eigenvalue weighted by Crippen LogP contribution is 2.23. The van der Waals surface area contributed by atoms with Gasteiger partial charge in [-0.3, -0.25) is 0 Å². The van der Waals surface area contributed by atoms with E-state index in [4.69, 9.17) is 23.2 Å². The number of aromatic nitrogens is 1. The fraction of sp³-hybridized carbons (Fsp3) is 0.167. The van der Waals surface area contributed by atoms with E-state index in [1.54, 1.807) is 0 Å². The van der Waals surface area contributed by atoms with Crippen LogP contribution in [0.1, 0.15) is 11.1 Å². The van der Waals surface area contributed by atoms with E-state index >= 15 is 0 Å². The summed E-state index contributed by atoms with van der Waals surface area (Å²) in [5.41, 5.74) is 3.23. The Morgan fingerprint density at radius 2 is 1.86 bits per heavy atom. The van der Waals surface area contributed by atoms with E-state index in [-0.39, 0.29) is 0 Å². The van der Waals surface area contributed by atoms with Crippen molar-refractivity contribution in [3.8, 4) is 0 Å². The summed E-state index contributed by atoms with van der Waals surface area (Å²) < 4.78 is 0. The number of hydrogen-bond donors (Lipinski definition) is 1. The van der Waals surface area contributed by atoms with Crippen molar-refractivity contribution in [2.24, 2.45) is 0 Å². The number of hydrogen-bond acceptors (Lipinski definition) is 2. The Morgan fingerprint density at radius 1 is 1.05 bits per heavy atom. The normalized spacial score (nSPS) is 10.9. The maximum Gasteiger partial charge on any atom is 0.126 e. The highest BCUT2D eigenvalue weighted by Gasteiger charge is 2.04. The molecule has 4 heteroatoms. The number of anilines is 1. The Bertz CT molecular complexity index is 815. The smallest absolute Gasteiger partial charge is 0.126 e. The van der Waals surface area contributed by atoms with Crippen LogP contribution in [0, 0.1) is 6.92 Å². The molecule has 1 aromatic heterocycles. The molecule has 0 aliphatic carbocycles. The van der Waals surface area contributed by atoms with Gasteiger partial charge in [-0.25, -0.2) is 4.98 Å². The summed E-state index contributed by atoms with van der Waals surface area (Å²) in [5, 5.41) is 5.99. The van der Waals surface area contributed by atoms with E-state index in [0.29, 0.717) is 5.02 Å². The average molecular weight is 331 g/mol. The van der Waals surface area contributed by atoms with E-state index in [1.807, 2.05) is 42.5 Å². The van der Waals surface area contributed by atoms with Crippen molar-refractivity contribution in [3.63, 3.8) is 0 Å². The Balaban J connectivity index is 1.75. The van der Waals surface area contributed by atoms with Gasteiger partial charge in [-0.05, 0) is 48.7 Å². The van der Waals surface area contributed by atoms with Crippen molar-refractivity contribution in [2.75, 3.05) is 11.9 Å². The number of aryl methyl sites for hydroxylation is 1. The molecule has 3 rings (SSSR count). The summed E-state index contributed by atoms with van der Waals surface area (Å²) in [5.74, 6) is 0.860. The predicted octanol–water partition coefficient (Wildman–Crippen LogP) is 5.50. The Labute approximate surface area is 140 Å². The van der Waals surface area contributed by atoms with Gasteiger partial charge >= 0.3 is 0 Å². The fourth-order valence-corrected chi connectivity index (χ4v) is 2.89. The molecule has 3 aromatic rings. The molecule has 1 N–H and O–H groups in total. The molecule has 2 aromatic carbocycles. The third-order valence-electron chi connectivity index (χ3n) is 3.64. The lowest BCUT2D eigenvalue weighted by atomic mass is 10.1. The van der Waals surface area contributed by atoms with E-state index in [9.17, 15) is 0 Å². The van der Waals surface area contributed by atoms with Gasteiger partial charge in [-0.15, -0.1) is 0 Å². The number of fused-ring (bicyclic) bond motifs is 1. The largest absolute Gasteiger partial charge is 0.370 e. The molecule has 22 heavy (non-hydrogen) atoms. The molecular formula is C18H16Cl2N2. The van der Waals surface area contributed by atoms with Crippen molar-refractivity contribution < 1.29 is 0 Å². The highest BCUT2D eigenvalue weighted by atomic mass is 35.5. The van der Waals surface area contributed by atoms with Crippen molar-refractivity contribution in [2.45, 2.75) is 13.3 Å². The summed E-state index contributed by atoms with van der Waals surface area (Å²) in [4.78, 5) is 4.62. The molecule has 0 unspecified atom stereocenters. The fourth-order valence-electron chi connectivity index (χ4n) is 2.49. The molecule has 0 amide bonds. The monoisotopic (exact) mass is 330 g/mol. The maximum absolute atomic E-state index is 6.17. The number of nitrogens with one attached hydrogen (secondary N) is 1. The average Bonchev–Trinajstić information content (AvgIpc) is 2.49. The first-order valence-corrected chi connectivity index (χ1v) is 7.93. The Morgan fingerprint density at radius 3 is 2.68 bits per heavy atom. The summed E-state index contributed by atoms with van der Waals surface area (Å²) in [7, 11) is 0. The number of halogens is 2. The molecule has 0 atom stereocenters. The van der Waals surface area contributed by atoms with E-state index < -0.39 is 0 Å². The molecule has 0 aliphatic rings. The van der Waals surface area contributed by atoms with Crippen molar-refractivity contribution in [3.05, 3.63) is 69.7 Å². The number of nitrogens with zero attached hydrogens (tertiary/aromatic N) is 1. The number of benzene rings is 2. The maximum atomic E-state index is 6.17. The Kier molecular flexibility index (Phi) is 4.51. The van der Waals surface area contributed by atoms with E-state index in [1.165, 1.54) is 5.56 Å². The van der Waals surface area contributed by atoms with Crippen LogP contribution in [0.5, 0.6) is 0 Å². The van der Waals surface area contributed by atoms with Crippen molar-refractivity contribution in [1.82, 2.24) is 4.98 Å². The molecule has 0 fully saturated rings. The lowest BCUT2D eigenvalue weighted by Gasteiger charge is -2.10. The quantitative estimate of drug-likeness (QED) is 0.682. The zero-order chi connectivity index (χ0) is 15.5. The van der Waals surface area contributed by atoms with Crippen LogP contribution < -0.4 is 5.32 Å². The van der Waals surface area contributed by atoms with Gasteiger partial charge in [0.1, 0.15) is 5.82 Å². The van der Waals surface area contributed by atoms with Crippen molar-refractivity contribution >= 4 is 39.9 Å². The first-order valence-electron chi connectivity index (χ1n) is 7.18. The third kappa shape index (κ3) is 3.34. The van der Waals surface area contributed by atoms with E-state index in [2.05, 4.69) is 23.3 Å². The molecule has 112 valence electrons. The van der Waals surface area contributed by atoms with Gasteiger partial charge in [-0.2, -0.15) is 0 Å². The predicted molar refractivity (Wildman–Crippen MR) is 95.1 cm³/mol. The molecule has 1 heterocycles. The second-order valence-corrected chi connectivity index (χ2v) is 6.10. The zero-order valence-corrected chi connectivity index (χ0v) is 13.7. The molecule has 0 radical (unpaired) electrons. The summed E-state index contributed by atoms with van der Waals surface area (Å²) in [6.07, 6.45) is 0.855. The minimum absolute atomic E-state index is 0.701. The Hall–Kier alpha value is -1.77. The van der Waals surface area contributed by atoms with Crippen LogP contribution in [0.4, 0.5) is 5.82 Å². The lowest BCUT2D eigenvalue weighted by molar-refractivity contribution is 1.01. The van der Waals surface area contributed by atoms with Crippen LogP contribution in [0.2, 0.25) is 10.0 Å². The lowest BCUT2D eigenvalue weighted by Crippen LogP contribution is -2.07. The van der Waals surface area contributed by atoms with Crippen LogP contribution in [-0.4, -0.2) is 11.5 Å². The summed E-state index contributed by atoms with van der Waals surface area (Å²) in [6, 6.07) is 15.8. The molecule has 0 aliphatic heterocycles.